The smallest absolute Gasteiger partial charge is 0.204 e. The molecule has 1 aromatic rings. The molecule has 0 amide bonds. The van der Waals surface area contributed by atoms with Crippen molar-refractivity contribution in [3.63, 3.8) is 0 Å². The second kappa shape index (κ2) is 7.70. The molecule has 0 aromatic heterocycles. The highest BCUT2D eigenvalue weighted by atomic mass is 79.9. The molecule has 26 heavy (non-hydrogen) atoms. The third-order valence-corrected chi connectivity index (χ3v) is 5.93. The van der Waals surface area contributed by atoms with E-state index < -0.39 is 0 Å². The molecule has 1 fully saturated rings. The van der Waals surface area contributed by atoms with E-state index in [0.717, 1.165) is 34.0 Å². The van der Waals surface area contributed by atoms with Crippen molar-refractivity contribution in [3.05, 3.63) is 45.5 Å². The Morgan fingerprint density at radius 2 is 1.88 bits per heavy atom. The van der Waals surface area contributed by atoms with E-state index in [0.29, 0.717) is 29.1 Å². The van der Waals surface area contributed by atoms with Crippen LogP contribution in [0.5, 0.6) is 17.2 Å². The summed E-state index contributed by atoms with van der Waals surface area (Å²) in [6.07, 6.45) is 9.72. The van der Waals surface area contributed by atoms with Crippen LogP contribution in [0.2, 0.25) is 0 Å². The minimum atomic E-state index is 0.137. The van der Waals surface area contributed by atoms with Crippen molar-refractivity contribution in [2.45, 2.75) is 19.8 Å². The van der Waals surface area contributed by atoms with Gasteiger partial charge in [0.05, 0.1) is 25.8 Å². The third-order valence-electron chi connectivity index (χ3n) is 5.11. The fraction of sp³-hybridized carbons (Fsp3) is 0.381. The van der Waals surface area contributed by atoms with Gasteiger partial charge in [-0.2, -0.15) is 0 Å². The van der Waals surface area contributed by atoms with Crippen LogP contribution >= 0.6 is 15.9 Å². The number of ketones is 1. The Labute approximate surface area is 162 Å². The molecule has 0 bridgehead atoms. The van der Waals surface area contributed by atoms with Crippen molar-refractivity contribution in [2.24, 2.45) is 11.8 Å². The average molecular weight is 419 g/mol. The van der Waals surface area contributed by atoms with Gasteiger partial charge in [-0.3, -0.25) is 4.79 Å². The van der Waals surface area contributed by atoms with Crippen LogP contribution in [0.25, 0.3) is 6.08 Å². The highest BCUT2D eigenvalue weighted by Gasteiger charge is 2.34. The summed E-state index contributed by atoms with van der Waals surface area (Å²) >= 11 is 3.58. The molecule has 138 valence electrons. The standard InChI is InChI=1S/C21H23BrO4/c1-12-9-14(19(23)16-8-6-5-7-15(12)16)10-13-11-17(24-2)20(25-3)21(26-4)18(13)22/h5-6,8,10-12,15H,7,9H2,1-4H3. The van der Waals surface area contributed by atoms with Crippen molar-refractivity contribution in [2.75, 3.05) is 21.3 Å². The van der Waals surface area contributed by atoms with Gasteiger partial charge in [0, 0.05) is 11.1 Å². The zero-order chi connectivity index (χ0) is 18.8. The number of rotatable bonds is 4. The Bertz CT molecular complexity index is 820. The molecular weight excluding hydrogens is 396 g/mol. The van der Waals surface area contributed by atoms with Crippen LogP contribution in [0.4, 0.5) is 0 Å². The Morgan fingerprint density at radius 3 is 2.54 bits per heavy atom. The van der Waals surface area contributed by atoms with Gasteiger partial charge in [0.15, 0.2) is 17.3 Å². The number of carbonyl (C=O) groups is 1. The molecule has 2 atom stereocenters. The number of fused-ring (bicyclic) bond motifs is 1. The van der Waals surface area contributed by atoms with Crippen LogP contribution in [-0.4, -0.2) is 27.1 Å². The SMILES string of the molecule is COc1cc(C=C2CC(C)C3CC=CC=C3C2=O)c(Br)c(OC)c1OC. The normalized spacial score (nSPS) is 23.5. The zero-order valence-electron chi connectivity index (χ0n) is 15.5. The lowest BCUT2D eigenvalue weighted by Gasteiger charge is -2.33. The van der Waals surface area contributed by atoms with Crippen molar-refractivity contribution in [1.29, 1.82) is 0 Å². The zero-order valence-corrected chi connectivity index (χ0v) is 17.1. The fourth-order valence-corrected chi connectivity index (χ4v) is 4.33. The summed E-state index contributed by atoms with van der Waals surface area (Å²) in [5.41, 5.74) is 2.56. The van der Waals surface area contributed by atoms with Crippen LogP contribution < -0.4 is 14.2 Å². The summed E-state index contributed by atoms with van der Waals surface area (Å²) in [4.78, 5) is 13.0. The van der Waals surface area contributed by atoms with Crippen molar-refractivity contribution in [3.8, 4) is 17.2 Å². The van der Waals surface area contributed by atoms with Gasteiger partial charge in [-0.1, -0.05) is 25.2 Å². The first-order valence-corrected chi connectivity index (χ1v) is 9.41. The van der Waals surface area contributed by atoms with Gasteiger partial charge in [0.25, 0.3) is 0 Å². The lowest BCUT2D eigenvalue weighted by atomic mass is 9.70. The predicted octanol–water partition coefficient (Wildman–Crippen LogP) is 4.97. The van der Waals surface area contributed by atoms with E-state index in [9.17, 15) is 4.79 Å². The maximum atomic E-state index is 13.0. The Kier molecular flexibility index (Phi) is 5.56. The first kappa shape index (κ1) is 18.8. The molecule has 0 radical (unpaired) electrons. The molecule has 5 heteroatoms. The molecular formula is C21H23BrO4. The number of allylic oxidation sites excluding steroid dienone is 5. The molecule has 0 heterocycles. The third kappa shape index (κ3) is 3.20. The van der Waals surface area contributed by atoms with E-state index in [1.165, 1.54) is 0 Å². The minimum absolute atomic E-state index is 0.137. The largest absolute Gasteiger partial charge is 0.493 e. The van der Waals surface area contributed by atoms with Gasteiger partial charge in [-0.05, 0) is 58.3 Å². The molecule has 0 aliphatic heterocycles. The summed E-state index contributed by atoms with van der Waals surface area (Å²) in [7, 11) is 4.73. The first-order valence-electron chi connectivity index (χ1n) is 8.62. The number of carbonyl (C=O) groups excluding carboxylic acids is 1. The number of methoxy groups -OCH3 is 3. The van der Waals surface area contributed by atoms with E-state index in [4.69, 9.17) is 14.2 Å². The molecule has 1 aromatic carbocycles. The average Bonchev–Trinajstić information content (AvgIpc) is 2.66. The minimum Gasteiger partial charge on any atom is -0.493 e. The molecule has 0 saturated heterocycles. The molecule has 0 spiro atoms. The van der Waals surface area contributed by atoms with Crippen molar-refractivity contribution in [1.82, 2.24) is 0 Å². The van der Waals surface area contributed by atoms with Crippen LogP contribution in [-0.2, 0) is 4.79 Å². The Morgan fingerprint density at radius 1 is 1.15 bits per heavy atom. The predicted molar refractivity (Wildman–Crippen MR) is 106 cm³/mol. The topological polar surface area (TPSA) is 44.8 Å². The number of ether oxygens (including phenoxy) is 3. The molecule has 3 rings (SSSR count). The Hall–Kier alpha value is -2.01. The molecule has 0 N–H and O–H groups in total. The van der Waals surface area contributed by atoms with E-state index in [2.05, 4.69) is 28.9 Å². The molecule has 2 aliphatic rings. The van der Waals surface area contributed by atoms with Gasteiger partial charge in [-0.25, -0.2) is 0 Å². The summed E-state index contributed by atoms with van der Waals surface area (Å²) in [6, 6.07) is 1.86. The van der Waals surface area contributed by atoms with Gasteiger partial charge in [-0.15, -0.1) is 0 Å². The van der Waals surface area contributed by atoms with E-state index in [-0.39, 0.29) is 5.78 Å². The second-order valence-corrected chi connectivity index (χ2v) is 7.41. The monoisotopic (exact) mass is 418 g/mol. The quantitative estimate of drug-likeness (QED) is 0.647. The molecule has 2 unspecified atom stereocenters. The van der Waals surface area contributed by atoms with Gasteiger partial charge in [0.2, 0.25) is 5.75 Å². The second-order valence-electron chi connectivity index (χ2n) is 6.62. The van der Waals surface area contributed by atoms with Crippen LogP contribution in [0.1, 0.15) is 25.3 Å². The molecule has 4 nitrogen and oxygen atoms in total. The van der Waals surface area contributed by atoms with Crippen LogP contribution in [0.3, 0.4) is 0 Å². The van der Waals surface area contributed by atoms with Crippen LogP contribution in [0.15, 0.2) is 39.9 Å². The van der Waals surface area contributed by atoms with E-state index in [1.807, 2.05) is 24.3 Å². The van der Waals surface area contributed by atoms with Crippen molar-refractivity contribution >= 4 is 27.8 Å². The lowest BCUT2D eigenvalue weighted by Crippen LogP contribution is -2.28. The van der Waals surface area contributed by atoms with Gasteiger partial charge < -0.3 is 14.2 Å². The maximum Gasteiger partial charge on any atom is 0.204 e. The number of hydrogen-bond donors (Lipinski definition) is 0. The van der Waals surface area contributed by atoms with Crippen molar-refractivity contribution < 1.29 is 19.0 Å². The van der Waals surface area contributed by atoms with Gasteiger partial charge >= 0.3 is 0 Å². The number of Topliss-reactive ketones (excluding diaryl/α,β-unsaturated/α-hetero) is 1. The van der Waals surface area contributed by atoms with E-state index in [1.54, 1.807) is 21.3 Å². The number of halogens is 1. The Balaban J connectivity index is 2.08. The summed E-state index contributed by atoms with van der Waals surface area (Å²) in [5, 5.41) is 0. The fourth-order valence-electron chi connectivity index (χ4n) is 3.75. The maximum absolute atomic E-state index is 13.0. The summed E-state index contributed by atoms with van der Waals surface area (Å²) in [5.74, 6) is 2.52. The van der Waals surface area contributed by atoms with E-state index >= 15 is 0 Å². The molecule has 2 aliphatic carbocycles. The van der Waals surface area contributed by atoms with Gasteiger partial charge in [0.1, 0.15) is 0 Å². The lowest BCUT2D eigenvalue weighted by molar-refractivity contribution is -0.113. The highest BCUT2D eigenvalue weighted by molar-refractivity contribution is 9.10. The summed E-state index contributed by atoms with van der Waals surface area (Å²) in [6.45, 7) is 2.21. The van der Waals surface area contributed by atoms with Crippen LogP contribution in [0, 0.1) is 11.8 Å². The highest BCUT2D eigenvalue weighted by Crippen LogP contribution is 2.46. The number of hydrogen-bond acceptors (Lipinski definition) is 4. The molecule has 1 saturated carbocycles. The first-order chi connectivity index (χ1) is 12.5. The summed E-state index contributed by atoms with van der Waals surface area (Å²) < 4.78 is 17.1. The number of benzene rings is 1.